The molecule has 0 saturated heterocycles. The molecule has 2 aliphatic carbocycles. The molecule has 1 aromatic carbocycles. The number of ether oxygens (including phenoxy) is 1. The van der Waals surface area contributed by atoms with Crippen LogP contribution in [0.1, 0.15) is 56.6 Å². The van der Waals surface area contributed by atoms with E-state index in [1.165, 1.54) is 5.56 Å². The second-order valence-electron chi connectivity index (χ2n) is 7.15. The first kappa shape index (κ1) is 16.3. The highest BCUT2D eigenvalue weighted by Crippen LogP contribution is 2.60. The highest BCUT2D eigenvalue weighted by atomic mass is 16.5. The van der Waals surface area contributed by atoms with E-state index in [1.807, 2.05) is 12.1 Å². The van der Waals surface area contributed by atoms with Crippen LogP contribution in [0.2, 0.25) is 0 Å². The number of rotatable bonds is 5. The highest BCUT2D eigenvalue weighted by Gasteiger charge is 2.57. The highest BCUT2D eigenvalue weighted by molar-refractivity contribution is 5.50. The standard InChI is InChI=1S/C21H28O2/c1-4-5-7-12-20-13-8-6-9-16(2)21(20,22)19-11-10-18(23-3)14-17(19)15-20/h4,9-11,14,22H,1,5-8,12-13,15H2,2-3H3. The molecule has 0 saturated carbocycles. The molecule has 2 atom stereocenters. The molecule has 2 unspecified atom stereocenters. The van der Waals surface area contributed by atoms with Crippen LogP contribution in [0.5, 0.6) is 5.75 Å². The molecule has 0 aromatic heterocycles. The van der Waals surface area contributed by atoms with Crippen LogP contribution in [0, 0.1) is 5.41 Å². The topological polar surface area (TPSA) is 29.5 Å². The summed E-state index contributed by atoms with van der Waals surface area (Å²) in [5.74, 6) is 0.881. The zero-order valence-corrected chi connectivity index (χ0v) is 14.4. The maximum Gasteiger partial charge on any atom is 0.119 e. The predicted molar refractivity (Wildman–Crippen MR) is 94.7 cm³/mol. The lowest BCUT2D eigenvalue weighted by Gasteiger charge is -2.43. The van der Waals surface area contributed by atoms with E-state index in [-0.39, 0.29) is 5.41 Å². The molecule has 2 nitrogen and oxygen atoms in total. The number of aliphatic hydroxyl groups is 1. The number of hydrogen-bond donors (Lipinski definition) is 1. The van der Waals surface area contributed by atoms with E-state index >= 15 is 0 Å². The second-order valence-corrected chi connectivity index (χ2v) is 7.15. The minimum atomic E-state index is -0.827. The van der Waals surface area contributed by atoms with Gasteiger partial charge in [0.25, 0.3) is 0 Å². The molecule has 0 aliphatic heterocycles. The van der Waals surface area contributed by atoms with Gasteiger partial charge in [-0.15, -0.1) is 6.58 Å². The predicted octanol–water partition coefficient (Wildman–Crippen LogP) is 4.91. The average molecular weight is 312 g/mol. The van der Waals surface area contributed by atoms with Crippen LogP contribution in [0.25, 0.3) is 0 Å². The Balaban J connectivity index is 2.09. The second kappa shape index (κ2) is 6.16. The van der Waals surface area contributed by atoms with Gasteiger partial charge in [0, 0.05) is 5.41 Å². The fourth-order valence-corrected chi connectivity index (χ4v) is 4.76. The van der Waals surface area contributed by atoms with E-state index in [0.29, 0.717) is 0 Å². The number of benzene rings is 1. The van der Waals surface area contributed by atoms with Crippen molar-refractivity contribution in [3.63, 3.8) is 0 Å². The molecule has 3 rings (SSSR count). The third-order valence-corrected chi connectivity index (χ3v) is 5.94. The number of hydrogen-bond acceptors (Lipinski definition) is 2. The summed E-state index contributed by atoms with van der Waals surface area (Å²) in [5.41, 5.74) is 2.55. The maximum absolute atomic E-state index is 11.9. The summed E-state index contributed by atoms with van der Waals surface area (Å²) >= 11 is 0. The van der Waals surface area contributed by atoms with Crippen molar-refractivity contribution in [1.29, 1.82) is 0 Å². The third kappa shape index (κ3) is 2.44. The summed E-state index contributed by atoms with van der Waals surface area (Å²) in [7, 11) is 1.70. The van der Waals surface area contributed by atoms with Crippen LogP contribution in [0.4, 0.5) is 0 Å². The molecule has 1 N–H and O–H groups in total. The average Bonchev–Trinajstić information content (AvgIpc) is 2.74. The molecule has 2 heteroatoms. The van der Waals surface area contributed by atoms with Gasteiger partial charge in [-0.05, 0) is 80.7 Å². The number of allylic oxidation sites excluding steroid dienone is 2. The Morgan fingerprint density at radius 2 is 2.22 bits per heavy atom. The number of unbranched alkanes of at least 4 members (excludes halogenated alkanes) is 1. The summed E-state index contributed by atoms with van der Waals surface area (Å²) in [6, 6.07) is 6.17. The minimum absolute atomic E-state index is 0.0816. The number of methoxy groups -OCH3 is 1. The van der Waals surface area contributed by atoms with E-state index in [4.69, 9.17) is 4.74 Å². The van der Waals surface area contributed by atoms with Gasteiger partial charge < -0.3 is 9.84 Å². The lowest BCUT2D eigenvalue weighted by atomic mass is 9.65. The van der Waals surface area contributed by atoms with Crippen molar-refractivity contribution >= 4 is 0 Å². The molecule has 0 radical (unpaired) electrons. The normalized spacial score (nSPS) is 29.3. The minimum Gasteiger partial charge on any atom is -0.497 e. The van der Waals surface area contributed by atoms with E-state index in [1.54, 1.807) is 7.11 Å². The van der Waals surface area contributed by atoms with Crippen LogP contribution in [0.3, 0.4) is 0 Å². The van der Waals surface area contributed by atoms with Gasteiger partial charge in [-0.3, -0.25) is 0 Å². The molecule has 0 amide bonds. The van der Waals surface area contributed by atoms with Crippen molar-refractivity contribution in [2.45, 2.75) is 57.5 Å². The van der Waals surface area contributed by atoms with Crippen molar-refractivity contribution in [2.24, 2.45) is 5.41 Å². The smallest absolute Gasteiger partial charge is 0.119 e. The van der Waals surface area contributed by atoms with Crippen molar-refractivity contribution in [1.82, 2.24) is 0 Å². The van der Waals surface area contributed by atoms with Crippen LogP contribution < -0.4 is 4.74 Å². The van der Waals surface area contributed by atoms with Crippen LogP contribution in [0.15, 0.2) is 42.5 Å². The lowest BCUT2D eigenvalue weighted by molar-refractivity contribution is -0.0563. The quantitative estimate of drug-likeness (QED) is 0.618. The fourth-order valence-electron chi connectivity index (χ4n) is 4.76. The monoisotopic (exact) mass is 312 g/mol. The first-order chi connectivity index (χ1) is 11.1. The molecule has 1 aromatic rings. The molecule has 0 bridgehead atoms. The third-order valence-electron chi connectivity index (χ3n) is 5.94. The molecule has 23 heavy (non-hydrogen) atoms. The molecule has 0 spiro atoms. The van der Waals surface area contributed by atoms with Crippen molar-refractivity contribution in [3.8, 4) is 5.75 Å². The maximum atomic E-state index is 11.9. The zero-order chi connectivity index (χ0) is 16.5. The Kier molecular flexibility index (Phi) is 4.37. The number of fused-ring (bicyclic) bond motifs is 3. The van der Waals surface area contributed by atoms with Crippen molar-refractivity contribution in [3.05, 3.63) is 53.6 Å². The lowest BCUT2D eigenvalue weighted by Crippen LogP contribution is -2.43. The summed E-state index contributed by atoms with van der Waals surface area (Å²) in [6.45, 7) is 5.95. The Morgan fingerprint density at radius 1 is 1.39 bits per heavy atom. The van der Waals surface area contributed by atoms with E-state index in [9.17, 15) is 5.11 Å². The Morgan fingerprint density at radius 3 is 2.96 bits per heavy atom. The van der Waals surface area contributed by atoms with E-state index in [0.717, 1.165) is 61.8 Å². The van der Waals surface area contributed by atoms with Gasteiger partial charge in [0.1, 0.15) is 11.4 Å². The molecule has 2 aliphatic rings. The Hall–Kier alpha value is -1.54. The van der Waals surface area contributed by atoms with Gasteiger partial charge >= 0.3 is 0 Å². The van der Waals surface area contributed by atoms with Gasteiger partial charge in [0.2, 0.25) is 0 Å². The zero-order valence-electron chi connectivity index (χ0n) is 14.4. The molecule has 0 fully saturated rings. The Bertz CT molecular complexity index is 631. The fraction of sp³-hybridized carbons (Fsp3) is 0.524. The van der Waals surface area contributed by atoms with Gasteiger partial charge in [0.05, 0.1) is 7.11 Å². The van der Waals surface area contributed by atoms with Gasteiger partial charge in [-0.1, -0.05) is 18.2 Å². The van der Waals surface area contributed by atoms with Crippen LogP contribution in [-0.2, 0) is 12.0 Å². The first-order valence-electron chi connectivity index (χ1n) is 8.75. The van der Waals surface area contributed by atoms with Gasteiger partial charge in [0.15, 0.2) is 0 Å². The van der Waals surface area contributed by atoms with Crippen molar-refractivity contribution in [2.75, 3.05) is 7.11 Å². The molecule has 0 heterocycles. The summed E-state index contributed by atoms with van der Waals surface area (Å²) in [6.07, 6.45) is 11.6. The van der Waals surface area contributed by atoms with Crippen LogP contribution >= 0.6 is 0 Å². The van der Waals surface area contributed by atoms with Gasteiger partial charge in [-0.25, -0.2) is 0 Å². The summed E-state index contributed by atoms with van der Waals surface area (Å²) in [5, 5.41) is 11.9. The molecule has 124 valence electrons. The molecular weight excluding hydrogens is 284 g/mol. The largest absolute Gasteiger partial charge is 0.497 e. The summed E-state index contributed by atoms with van der Waals surface area (Å²) < 4.78 is 5.40. The molecular formula is C21H28O2. The van der Waals surface area contributed by atoms with E-state index in [2.05, 4.69) is 31.7 Å². The first-order valence-corrected chi connectivity index (χ1v) is 8.75. The SMILES string of the molecule is C=CCCCC12CCCC=C(C)C1(O)c1ccc(OC)cc1C2. The summed E-state index contributed by atoms with van der Waals surface area (Å²) in [4.78, 5) is 0. The van der Waals surface area contributed by atoms with Crippen molar-refractivity contribution < 1.29 is 9.84 Å². The van der Waals surface area contributed by atoms with Crippen LogP contribution in [-0.4, -0.2) is 12.2 Å². The van der Waals surface area contributed by atoms with Gasteiger partial charge in [-0.2, -0.15) is 0 Å². The van der Waals surface area contributed by atoms with E-state index < -0.39 is 5.60 Å². The Labute approximate surface area is 139 Å².